The molecule has 3 nitrogen and oxygen atoms in total. The van der Waals surface area contributed by atoms with Crippen molar-refractivity contribution < 1.29 is 14.3 Å². The van der Waals surface area contributed by atoms with Gasteiger partial charge in [-0.25, -0.2) is 0 Å². The Morgan fingerprint density at radius 2 is 2.06 bits per heavy atom. The number of Topliss-reactive ketones (excluding diaryl/α,β-unsaturated/α-hetero) is 1. The molecule has 2 aliphatic carbocycles. The van der Waals surface area contributed by atoms with E-state index in [2.05, 4.69) is 0 Å². The predicted octanol–water partition coefficient (Wildman–Crippen LogP) is 2.61. The second-order valence-corrected chi connectivity index (χ2v) is 5.39. The van der Waals surface area contributed by atoms with Crippen LogP contribution < -0.4 is 0 Å². The zero-order valence-corrected chi connectivity index (χ0v) is 10.5. The summed E-state index contributed by atoms with van der Waals surface area (Å²) in [5.41, 5.74) is 0.907. The molecule has 0 spiro atoms. The van der Waals surface area contributed by atoms with Crippen LogP contribution in [0.3, 0.4) is 0 Å². The van der Waals surface area contributed by atoms with Gasteiger partial charge in [0.2, 0.25) is 0 Å². The average Bonchev–Trinajstić information content (AvgIpc) is 2.99. The molecule has 0 amide bonds. The number of halogens is 1. The van der Waals surface area contributed by atoms with E-state index in [1.54, 1.807) is 12.1 Å². The van der Waals surface area contributed by atoms with E-state index in [1.165, 1.54) is 0 Å². The fraction of sp³-hybridized carbons (Fsp3) is 0.429. The van der Waals surface area contributed by atoms with Crippen LogP contribution in [0.25, 0.3) is 0 Å². The van der Waals surface area contributed by atoms with Crippen LogP contribution in [0.5, 0.6) is 0 Å². The SMILES string of the molecule is O=C1CC[C@H]2[C@@H]1[C@@H]2C(=O)OCc1ccc(Cl)cc1. The van der Waals surface area contributed by atoms with E-state index in [9.17, 15) is 9.59 Å². The van der Waals surface area contributed by atoms with Crippen molar-refractivity contribution in [2.24, 2.45) is 17.8 Å². The predicted molar refractivity (Wildman–Crippen MR) is 66.0 cm³/mol. The highest BCUT2D eigenvalue weighted by Crippen LogP contribution is 2.55. The third-order valence-electron chi connectivity index (χ3n) is 3.83. The first-order valence-electron chi connectivity index (χ1n) is 6.10. The molecule has 0 aromatic heterocycles. The lowest BCUT2D eigenvalue weighted by Gasteiger charge is -2.06. The molecule has 4 heteroatoms. The van der Waals surface area contributed by atoms with Gasteiger partial charge in [0, 0.05) is 17.4 Å². The van der Waals surface area contributed by atoms with Gasteiger partial charge in [0.25, 0.3) is 0 Å². The number of ketones is 1. The molecule has 2 aliphatic rings. The third-order valence-corrected chi connectivity index (χ3v) is 4.08. The summed E-state index contributed by atoms with van der Waals surface area (Å²) >= 11 is 5.77. The molecule has 2 fully saturated rings. The number of hydrogen-bond acceptors (Lipinski definition) is 3. The fourth-order valence-corrected chi connectivity index (χ4v) is 2.93. The lowest BCUT2D eigenvalue weighted by Crippen LogP contribution is -2.13. The third kappa shape index (κ3) is 2.03. The molecule has 3 rings (SSSR count). The van der Waals surface area contributed by atoms with Gasteiger partial charge in [-0.1, -0.05) is 23.7 Å². The lowest BCUT2D eigenvalue weighted by atomic mass is 10.1. The zero-order valence-electron chi connectivity index (χ0n) is 9.77. The molecule has 0 radical (unpaired) electrons. The van der Waals surface area contributed by atoms with E-state index in [0.29, 0.717) is 11.4 Å². The van der Waals surface area contributed by atoms with Crippen LogP contribution in [0, 0.1) is 17.8 Å². The summed E-state index contributed by atoms with van der Waals surface area (Å²) in [5, 5.41) is 0.660. The van der Waals surface area contributed by atoms with Gasteiger partial charge in [-0.3, -0.25) is 9.59 Å². The van der Waals surface area contributed by atoms with Crippen molar-refractivity contribution in [2.45, 2.75) is 19.4 Å². The van der Waals surface area contributed by atoms with Gasteiger partial charge >= 0.3 is 5.97 Å². The van der Waals surface area contributed by atoms with Crippen LogP contribution in [-0.2, 0) is 20.9 Å². The summed E-state index contributed by atoms with van der Waals surface area (Å²) in [6.45, 7) is 0.250. The molecule has 0 N–H and O–H groups in total. The Bertz CT molecular complexity index is 494. The molecule has 0 bridgehead atoms. The highest BCUT2D eigenvalue weighted by atomic mass is 35.5. The molecule has 0 unspecified atom stereocenters. The van der Waals surface area contributed by atoms with Crippen LogP contribution in [-0.4, -0.2) is 11.8 Å². The molecule has 18 heavy (non-hydrogen) atoms. The Kier molecular flexibility index (Phi) is 2.86. The maximum absolute atomic E-state index is 11.8. The Morgan fingerprint density at radius 3 is 2.67 bits per heavy atom. The molecule has 94 valence electrons. The monoisotopic (exact) mass is 264 g/mol. The number of carbonyl (C=O) groups is 2. The normalized spacial score (nSPS) is 28.9. The molecule has 2 saturated carbocycles. The van der Waals surface area contributed by atoms with Crippen molar-refractivity contribution in [3.05, 3.63) is 34.9 Å². The summed E-state index contributed by atoms with van der Waals surface area (Å²) < 4.78 is 5.24. The minimum Gasteiger partial charge on any atom is -0.461 e. The molecular weight excluding hydrogens is 252 g/mol. The Morgan fingerprint density at radius 1 is 1.33 bits per heavy atom. The summed E-state index contributed by atoms with van der Waals surface area (Å²) in [4.78, 5) is 23.2. The Hall–Kier alpha value is -1.35. The van der Waals surface area contributed by atoms with E-state index >= 15 is 0 Å². The minimum absolute atomic E-state index is 0.0392. The second-order valence-electron chi connectivity index (χ2n) is 4.95. The second kappa shape index (κ2) is 4.39. The molecule has 0 heterocycles. The fourth-order valence-electron chi connectivity index (χ4n) is 2.80. The molecular formula is C14H13ClO3. The number of ether oxygens (including phenoxy) is 1. The van der Waals surface area contributed by atoms with Crippen LogP contribution in [0.15, 0.2) is 24.3 Å². The standard InChI is InChI=1S/C14H13ClO3/c15-9-3-1-8(2-4-9)7-18-14(17)13-10-5-6-11(16)12(10)13/h1-4,10,12-13H,5-7H2/t10-,12-,13+/m0/s1. The molecule has 0 saturated heterocycles. The van der Waals surface area contributed by atoms with Gasteiger partial charge in [0.1, 0.15) is 12.4 Å². The van der Waals surface area contributed by atoms with Crippen molar-refractivity contribution in [1.82, 2.24) is 0 Å². The highest BCUT2D eigenvalue weighted by molar-refractivity contribution is 6.30. The van der Waals surface area contributed by atoms with E-state index in [1.807, 2.05) is 12.1 Å². The van der Waals surface area contributed by atoms with Crippen molar-refractivity contribution in [1.29, 1.82) is 0 Å². The van der Waals surface area contributed by atoms with Gasteiger partial charge in [0.15, 0.2) is 0 Å². The zero-order chi connectivity index (χ0) is 12.7. The molecule has 1 aromatic rings. The summed E-state index contributed by atoms with van der Waals surface area (Å²) in [5.74, 6) is 0.0536. The van der Waals surface area contributed by atoms with Crippen LogP contribution in [0.2, 0.25) is 5.02 Å². The number of benzene rings is 1. The number of fused-ring (bicyclic) bond motifs is 1. The van der Waals surface area contributed by atoms with Crippen LogP contribution in [0.1, 0.15) is 18.4 Å². The van der Waals surface area contributed by atoms with Gasteiger partial charge in [-0.15, -0.1) is 0 Å². The van der Waals surface area contributed by atoms with Crippen molar-refractivity contribution in [2.75, 3.05) is 0 Å². The largest absolute Gasteiger partial charge is 0.461 e. The first kappa shape index (κ1) is 11.7. The van der Waals surface area contributed by atoms with E-state index in [-0.39, 0.29) is 36.1 Å². The highest BCUT2D eigenvalue weighted by Gasteiger charge is 2.62. The molecule has 1 aromatic carbocycles. The van der Waals surface area contributed by atoms with Crippen molar-refractivity contribution in [3.8, 4) is 0 Å². The maximum Gasteiger partial charge on any atom is 0.310 e. The number of rotatable bonds is 3. The van der Waals surface area contributed by atoms with E-state index in [4.69, 9.17) is 16.3 Å². The number of esters is 1. The average molecular weight is 265 g/mol. The van der Waals surface area contributed by atoms with Gasteiger partial charge < -0.3 is 4.74 Å². The van der Waals surface area contributed by atoms with Gasteiger partial charge in [-0.2, -0.15) is 0 Å². The molecule has 0 aliphatic heterocycles. The smallest absolute Gasteiger partial charge is 0.310 e. The van der Waals surface area contributed by atoms with Gasteiger partial charge in [0.05, 0.1) is 5.92 Å². The number of carbonyl (C=O) groups excluding carboxylic acids is 2. The number of hydrogen-bond donors (Lipinski definition) is 0. The van der Waals surface area contributed by atoms with Crippen LogP contribution >= 0.6 is 11.6 Å². The Labute approximate surface area is 110 Å². The summed E-state index contributed by atoms with van der Waals surface area (Å²) in [6.07, 6.45) is 1.49. The van der Waals surface area contributed by atoms with Gasteiger partial charge in [-0.05, 0) is 30.0 Å². The Balaban J connectivity index is 1.54. The lowest BCUT2D eigenvalue weighted by molar-refractivity contribution is -0.148. The van der Waals surface area contributed by atoms with E-state index < -0.39 is 0 Å². The van der Waals surface area contributed by atoms with Crippen LogP contribution in [0.4, 0.5) is 0 Å². The summed E-state index contributed by atoms with van der Waals surface area (Å²) in [7, 11) is 0. The van der Waals surface area contributed by atoms with E-state index in [0.717, 1.165) is 12.0 Å². The minimum atomic E-state index is -0.229. The first-order chi connectivity index (χ1) is 8.66. The first-order valence-corrected chi connectivity index (χ1v) is 6.48. The quantitative estimate of drug-likeness (QED) is 0.788. The topological polar surface area (TPSA) is 43.4 Å². The van der Waals surface area contributed by atoms with Crippen molar-refractivity contribution >= 4 is 23.4 Å². The summed E-state index contributed by atoms with van der Waals surface area (Å²) in [6, 6.07) is 7.18. The van der Waals surface area contributed by atoms with Crippen molar-refractivity contribution in [3.63, 3.8) is 0 Å². The maximum atomic E-state index is 11.8. The molecule has 3 atom stereocenters.